The summed E-state index contributed by atoms with van der Waals surface area (Å²) >= 11 is 3.02. The third-order valence-corrected chi connectivity index (χ3v) is 4.17. The van der Waals surface area contributed by atoms with E-state index in [0.717, 1.165) is 11.6 Å². The molecular weight excluding hydrogens is 326 g/mol. The van der Waals surface area contributed by atoms with Crippen molar-refractivity contribution in [1.29, 1.82) is 0 Å². The summed E-state index contributed by atoms with van der Waals surface area (Å²) in [6.45, 7) is 3.51. The lowest BCUT2D eigenvalue weighted by molar-refractivity contribution is 0.0925. The average molecular weight is 341 g/mol. The number of hydrogen-bond acceptors (Lipinski definition) is 1. The Bertz CT molecular complexity index is 611. The van der Waals surface area contributed by atoms with E-state index in [1.165, 1.54) is 6.07 Å². The summed E-state index contributed by atoms with van der Waals surface area (Å²) in [5, 5.41) is 10.5. The monoisotopic (exact) mass is 340 g/mol. The number of rotatable bonds is 3. The van der Waals surface area contributed by atoms with Crippen LogP contribution in [0.1, 0.15) is 31.1 Å². The van der Waals surface area contributed by atoms with Crippen molar-refractivity contribution in [1.82, 2.24) is 0 Å². The predicted molar refractivity (Wildman–Crippen MR) is 78.5 cm³/mol. The van der Waals surface area contributed by atoms with E-state index in [1.54, 1.807) is 13.8 Å². The van der Waals surface area contributed by atoms with Crippen molar-refractivity contribution in [3.8, 4) is 0 Å². The van der Waals surface area contributed by atoms with E-state index in [-0.39, 0.29) is 10.0 Å². The van der Waals surface area contributed by atoms with Gasteiger partial charge in [0.15, 0.2) is 0 Å². The molecule has 0 aliphatic carbocycles. The van der Waals surface area contributed by atoms with Crippen LogP contribution < -0.4 is 0 Å². The van der Waals surface area contributed by atoms with Crippen molar-refractivity contribution in [2.45, 2.75) is 25.4 Å². The minimum absolute atomic E-state index is 0.136. The Hall–Kier alpha value is -1.26. The summed E-state index contributed by atoms with van der Waals surface area (Å²) in [5.74, 6) is -1.51. The topological polar surface area (TPSA) is 20.2 Å². The van der Waals surface area contributed by atoms with Crippen LogP contribution in [0, 0.1) is 11.6 Å². The molecule has 0 aromatic heterocycles. The second-order valence-electron chi connectivity index (χ2n) is 5.25. The highest BCUT2D eigenvalue weighted by Crippen LogP contribution is 2.39. The predicted octanol–water partition coefficient (Wildman–Crippen LogP) is 4.74. The van der Waals surface area contributed by atoms with Crippen LogP contribution in [0.25, 0.3) is 0 Å². The first-order valence-electron chi connectivity index (χ1n) is 6.22. The van der Waals surface area contributed by atoms with Gasteiger partial charge in [0.25, 0.3) is 0 Å². The van der Waals surface area contributed by atoms with Gasteiger partial charge in [0.1, 0.15) is 11.6 Å². The van der Waals surface area contributed by atoms with Crippen LogP contribution in [0.2, 0.25) is 0 Å². The van der Waals surface area contributed by atoms with Crippen molar-refractivity contribution >= 4 is 15.9 Å². The number of halogens is 3. The normalized spacial score (nSPS) is 13.3. The molecule has 0 aliphatic rings. The second kappa shape index (κ2) is 5.62. The van der Waals surface area contributed by atoms with Gasteiger partial charge in [0.05, 0.1) is 16.1 Å². The molecule has 2 aromatic carbocycles. The summed E-state index contributed by atoms with van der Waals surface area (Å²) in [6, 6.07) is 11.6. The van der Waals surface area contributed by atoms with Crippen LogP contribution in [0.5, 0.6) is 0 Å². The van der Waals surface area contributed by atoms with Gasteiger partial charge in [-0.2, -0.15) is 0 Å². The fourth-order valence-electron chi connectivity index (χ4n) is 2.18. The van der Waals surface area contributed by atoms with Crippen LogP contribution in [0.3, 0.4) is 0 Å². The SMILES string of the molecule is CC(C)(c1ccccc1)C(O)c1c(F)ccc(Br)c1F. The molecule has 0 bridgehead atoms. The van der Waals surface area contributed by atoms with E-state index >= 15 is 0 Å². The fourth-order valence-corrected chi connectivity index (χ4v) is 2.53. The van der Waals surface area contributed by atoms with Gasteiger partial charge in [0, 0.05) is 5.41 Å². The molecule has 0 aliphatic heterocycles. The Morgan fingerprint density at radius 3 is 2.25 bits per heavy atom. The zero-order chi connectivity index (χ0) is 14.9. The summed E-state index contributed by atoms with van der Waals surface area (Å²) < 4.78 is 28.2. The quantitative estimate of drug-likeness (QED) is 0.800. The van der Waals surface area contributed by atoms with Gasteiger partial charge in [-0.05, 0) is 33.6 Å². The smallest absolute Gasteiger partial charge is 0.146 e. The first kappa shape index (κ1) is 15.1. The summed E-state index contributed by atoms with van der Waals surface area (Å²) in [6.07, 6.45) is -1.29. The molecule has 0 amide bonds. The standard InChI is InChI=1S/C16H15BrF2O/c1-16(2,10-6-4-3-5-7-10)15(20)13-12(18)9-8-11(17)14(13)19/h3-9,15,20H,1-2H3. The highest BCUT2D eigenvalue weighted by Gasteiger charge is 2.35. The Balaban J connectivity index is 2.51. The van der Waals surface area contributed by atoms with Crippen molar-refractivity contribution in [3.05, 3.63) is 69.7 Å². The highest BCUT2D eigenvalue weighted by molar-refractivity contribution is 9.10. The van der Waals surface area contributed by atoms with Gasteiger partial charge in [-0.15, -0.1) is 0 Å². The molecule has 4 heteroatoms. The van der Waals surface area contributed by atoms with Crippen LogP contribution in [-0.2, 0) is 5.41 Å². The molecule has 0 saturated heterocycles. The minimum Gasteiger partial charge on any atom is -0.387 e. The highest BCUT2D eigenvalue weighted by atomic mass is 79.9. The molecule has 2 rings (SSSR count). The Kier molecular flexibility index (Phi) is 4.25. The summed E-state index contributed by atoms with van der Waals surface area (Å²) in [7, 11) is 0. The van der Waals surface area contributed by atoms with Gasteiger partial charge >= 0.3 is 0 Å². The van der Waals surface area contributed by atoms with E-state index in [4.69, 9.17) is 0 Å². The van der Waals surface area contributed by atoms with Gasteiger partial charge in [0.2, 0.25) is 0 Å². The molecule has 0 heterocycles. The van der Waals surface area contributed by atoms with E-state index in [2.05, 4.69) is 15.9 Å². The van der Waals surface area contributed by atoms with Crippen LogP contribution in [-0.4, -0.2) is 5.11 Å². The van der Waals surface area contributed by atoms with Gasteiger partial charge in [-0.25, -0.2) is 8.78 Å². The number of benzene rings is 2. The third-order valence-electron chi connectivity index (χ3n) is 3.55. The third kappa shape index (κ3) is 2.63. The van der Waals surface area contributed by atoms with Gasteiger partial charge in [-0.1, -0.05) is 44.2 Å². The Morgan fingerprint density at radius 2 is 1.65 bits per heavy atom. The van der Waals surface area contributed by atoms with E-state index in [9.17, 15) is 13.9 Å². The zero-order valence-corrected chi connectivity index (χ0v) is 12.8. The first-order valence-corrected chi connectivity index (χ1v) is 7.02. The molecule has 2 aromatic rings. The first-order chi connectivity index (χ1) is 9.35. The van der Waals surface area contributed by atoms with E-state index in [1.807, 2.05) is 30.3 Å². The maximum absolute atomic E-state index is 14.1. The van der Waals surface area contributed by atoms with Crippen LogP contribution in [0.15, 0.2) is 46.9 Å². The lowest BCUT2D eigenvalue weighted by atomic mass is 9.76. The molecule has 1 N–H and O–H groups in total. The molecular formula is C16H15BrF2O. The minimum atomic E-state index is -1.29. The van der Waals surface area contributed by atoms with Crippen molar-refractivity contribution in [2.24, 2.45) is 0 Å². The van der Waals surface area contributed by atoms with E-state index in [0.29, 0.717) is 0 Å². The number of hydrogen-bond donors (Lipinski definition) is 1. The van der Waals surface area contributed by atoms with Crippen molar-refractivity contribution < 1.29 is 13.9 Å². The average Bonchev–Trinajstić information content (AvgIpc) is 2.44. The largest absolute Gasteiger partial charge is 0.387 e. The maximum atomic E-state index is 14.1. The molecule has 106 valence electrons. The number of aliphatic hydroxyl groups excluding tert-OH is 1. The Morgan fingerprint density at radius 1 is 1.05 bits per heavy atom. The molecule has 0 spiro atoms. The summed E-state index contributed by atoms with van der Waals surface area (Å²) in [4.78, 5) is 0. The van der Waals surface area contributed by atoms with Crippen LogP contribution >= 0.6 is 15.9 Å². The van der Waals surface area contributed by atoms with Gasteiger partial charge < -0.3 is 5.11 Å². The second-order valence-corrected chi connectivity index (χ2v) is 6.10. The van der Waals surface area contributed by atoms with Crippen LogP contribution in [0.4, 0.5) is 8.78 Å². The lowest BCUT2D eigenvalue weighted by Crippen LogP contribution is -2.28. The molecule has 0 fully saturated rings. The molecule has 1 unspecified atom stereocenters. The maximum Gasteiger partial charge on any atom is 0.146 e. The molecule has 1 nitrogen and oxygen atoms in total. The van der Waals surface area contributed by atoms with E-state index < -0.39 is 23.2 Å². The Labute approximate surface area is 125 Å². The van der Waals surface area contributed by atoms with Gasteiger partial charge in [-0.3, -0.25) is 0 Å². The lowest BCUT2D eigenvalue weighted by Gasteiger charge is -2.32. The summed E-state index contributed by atoms with van der Waals surface area (Å²) in [5.41, 5.74) is -0.316. The molecule has 0 radical (unpaired) electrons. The fraction of sp³-hybridized carbons (Fsp3) is 0.250. The molecule has 20 heavy (non-hydrogen) atoms. The molecule has 1 atom stereocenters. The van der Waals surface area contributed by atoms with Crippen molar-refractivity contribution in [3.63, 3.8) is 0 Å². The number of aliphatic hydroxyl groups is 1. The van der Waals surface area contributed by atoms with Crippen molar-refractivity contribution in [2.75, 3.05) is 0 Å². The zero-order valence-electron chi connectivity index (χ0n) is 11.2. The molecule has 0 saturated carbocycles.